The van der Waals surface area contributed by atoms with Crippen LogP contribution in [0.4, 0.5) is 13.2 Å². The maximum Gasteiger partial charge on any atom is 0.401 e. The molecule has 0 radical (unpaired) electrons. The van der Waals surface area contributed by atoms with Gasteiger partial charge in [-0.3, -0.25) is 4.90 Å². The number of nitrogens with zero attached hydrogens (tertiary/aromatic N) is 1. The van der Waals surface area contributed by atoms with Crippen LogP contribution in [0, 0.1) is 5.41 Å². The summed E-state index contributed by atoms with van der Waals surface area (Å²) in [6, 6.07) is 0.0789. The van der Waals surface area contributed by atoms with E-state index in [0.29, 0.717) is 6.54 Å². The topological polar surface area (TPSA) is 15.3 Å². The monoisotopic (exact) mass is 266 g/mol. The summed E-state index contributed by atoms with van der Waals surface area (Å²) < 4.78 is 37.9. The van der Waals surface area contributed by atoms with Crippen molar-refractivity contribution in [2.24, 2.45) is 5.41 Å². The van der Waals surface area contributed by atoms with E-state index < -0.39 is 12.7 Å². The third-order valence-corrected chi connectivity index (χ3v) is 3.36. The molecule has 1 saturated heterocycles. The molecular formula is C13H25F3N2. The number of hydrogen-bond acceptors (Lipinski definition) is 2. The molecule has 1 N–H and O–H groups in total. The Hall–Kier alpha value is -0.290. The Morgan fingerprint density at radius 2 is 1.67 bits per heavy atom. The zero-order chi connectivity index (χ0) is 13.8. The molecule has 18 heavy (non-hydrogen) atoms. The Morgan fingerprint density at radius 1 is 1.11 bits per heavy atom. The first-order chi connectivity index (χ1) is 8.17. The minimum Gasteiger partial charge on any atom is -0.317 e. The molecule has 0 amide bonds. The van der Waals surface area contributed by atoms with Gasteiger partial charge in [-0.05, 0) is 44.3 Å². The number of rotatable bonds is 4. The minimum absolute atomic E-state index is 0.0789. The third kappa shape index (κ3) is 6.59. The molecule has 0 saturated carbocycles. The van der Waals surface area contributed by atoms with Gasteiger partial charge >= 0.3 is 6.18 Å². The molecule has 1 heterocycles. The van der Waals surface area contributed by atoms with Gasteiger partial charge in [-0.2, -0.15) is 13.2 Å². The Kier molecular flexibility index (Phi) is 5.46. The SMILES string of the molecule is CC(C)(C)CCN(CC(F)(F)F)C1CCNCC1. The molecule has 5 heteroatoms. The number of piperidine rings is 1. The molecule has 0 atom stereocenters. The molecule has 1 aliphatic rings. The summed E-state index contributed by atoms with van der Waals surface area (Å²) in [7, 11) is 0. The number of alkyl halides is 3. The van der Waals surface area contributed by atoms with Crippen LogP contribution < -0.4 is 5.32 Å². The summed E-state index contributed by atoms with van der Waals surface area (Å²) in [5.41, 5.74) is 0.0801. The van der Waals surface area contributed by atoms with Gasteiger partial charge < -0.3 is 5.32 Å². The zero-order valence-corrected chi connectivity index (χ0v) is 11.6. The van der Waals surface area contributed by atoms with Crippen molar-refractivity contribution in [3.63, 3.8) is 0 Å². The van der Waals surface area contributed by atoms with Crippen molar-refractivity contribution >= 4 is 0 Å². The normalized spacial score (nSPS) is 19.5. The fraction of sp³-hybridized carbons (Fsp3) is 1.00. The fourth-order valence-electron chi connectivity index (χ4n) is 2.27. The maximum absolute atomic E-state index is 12.6. The summed E-state index contributed by atoms with van der Waals surface area (Å²) in [5, 5.41) is 3.20. The fourth-order valence-corrected chi connectivity index (χ4v) is 2.27. The van der Waals surface area contributed by atoms with Crippen LogP contribution in [0.2, 0.25) is 0 Å². The average molecular weight is 266 g/mol. The van der Waals surface area contributed by atoms with E-state index in [0.717, 1.165) is 32.4 Å². The standard InChI is InChI=1S/C13H25F3N2/c1-12(2,3)6-9-18(10-13(14,15)16)11-4-7-17-8-5-11/h11,17H,4-10H2,1-3H3. The van der Waals surface area contributed by atoms with Gasteiger partial charge in [-0.25, -0.2) is 0 Å². The highest BCUT2D eigenvalue weighted by atomic mass is 19.4. The lowest BCUT2D eigenvalue weighted by Gasteiger charge is -2.36. The zero-order valence-electron chi connectivity index (χ0n) is 11.6. The van der Waals surface area contributed by atoms with Crippen molar-refractivity contribution < 1.29 is 13.2 Å². The predicted molar refractivity (Wildman–Crippen MR) is 67.6 cm³/mol. The Morgan fingerprint density at radius 3 is 2.11 bits per heavy atom. The van der Waals surface area contributed by atoms with Crippen LogP contribution in [0.15, 0.2) is 0 Å². The second-order valence-corrected chi connectivity index (χ2v) is 6.38. The van der Waals surface area contributed by atoms with Gasteiger partial charge in [-0.1, -0.05) is 20.8 Å². The maximum atomic E-state index is 12.6. The molecule has 0 aromatic heterocycles. The second kappa shape index (κ2) is 6.24. The molecule has 1 aliphatic heterocycles. The number of nitrogens with one attached hydrogen (secondary N) is 1. The lowest BCUT2D eigenvalue weighted by molar-refractivity contribution is -0.152. The van der Waals surface area contributed by atoms with Crippen LogP contribution in [0.25, 0.3) is 0 Å². The van der Waals surface area contributed by atoms with Gasteiger partial charge in [0.1, 0.15) is 0 Å². The molecule has 0 aliphatic carbocycles. The molecular weight excluding hydrogens is 241 g/mol. The van der Waals surface area contributed by atoms with Crippen molar-refractivity contribution in [2.45, 2.75) is 52.3 Å². The van der Waals surface area contributed by atoms with Crippen molar-refractivity contribution in [3.05, 3.63) is 0 Å². The van der Waals surface area contributed by atoms with Crippen molar-refractivity contribution in [1.82, 2.24) is 10.2 Å². The van der Waals surface area contributed by atoms with Crippen molar-refractivity contribution in [1.29, 1.82) is 0 Å². The summed E-state index contributed by atoms with van der Waals surface area (Å²) in [6.45, 7) is 7.63. The minimum atomic E-state index is -4.09. The van der Waals surface area contributed by atoms with E-state index in [-0.39, 0.29) is 11.5 Å². The molecule has 0 spiro atoms. The summed E-state index contributed by atoms with van der Waals surface area (Å²) in [6.07, 6.45) is -1.66. The Labute approximate surface area is 108 Å². The first-order valence-electron chi connectivity index (χ1n) is 6.69. The van der Waals surface area contributed by atoms with Gasteiger partial charge in [-0.15, -0.1) is 0 Å². The van der Waals surface area contributed by atoms with E-state index >= 15 is 0 Å². The van der Waals surface area contributed by atoms with E-state index in [1.807, 2.05) is 0 Å². The second-order valence-electron chi connectivity index (χ2n) is 6.38. The Balaban J connectivity index is 2.56. The van der Waals surface area contributed by atoms with E-state index in [1.54, 1.807) is 4.90 Å². The molecule has 0 bridgehead atoms. The highest BCUT2D eigenvalue weighted by Gasteiger charge is 2.34. The highest BCUT2D eigenvalue weighted by Crippen LogP contribution is 2.25. The highest BCUT2D eigenvalue weighted by molar-refractivity contribution is 4.80. The van der Waals surface area contributed by atoms with E-state index in [1.165, 1.54) is 0 Å². The van der Waals surface area contributed by atoms with E-state index in [4.69, 9.17) is 0 Å². The third-order valence-electron chi connectivity index (χ3n) is 3.36. The van der Waals surface area contributed by atoms with Crippen LogP contribution in [0.1, 0.15) is 40.0 Å². The van der Waals surface area contributed by atoms with Gasteiger partial charge in [0.05, 0.1) is 6.54 Å². The van der Waals surface area contributed by atoms with Crippen LogP contribution >= 0.6 is 0 Å². The van der Waals surface area contributed by atoms with Crippen molar-refractivity contribution in [3.8, 4) is 0 Å². The van der Waals surface area contributed by atoms with Gasteiger partial charge in [0.2, 0.25) is 0 Å². The number of halogens is 3. The first kappa shape index (κ1) is 15.8. The van der Waals surface area contributed by atoms with Crippen molar-refractivity contribution in [2.75, 3.05) is 26.2 Å². The molecule has 0 unspecified atom stereocenters. The quantitative estimate of drug-likeness (QED) is 0.841. The first-order valence-corrected chi connectivity index (χ1v) is 6.69. The van der Waals surface area contributed by atoms with Gasteiger partial charge in [0, 0.05) is 6.04 Å². The van der Waals surface area contributed by atoms with Crippen LogP contribution in [-0.4, -0.2) is 43.3 Å². The van der Waals surface area contributed by atoms with Gasteiger partial charge in [0.15, 0.2) is 0 Å². The lowest BCUT2D eigenvalue weighted by Crippen LogP contribution is -2.47. The molecule has 0 aromatic carbocycles. The smallest absolute Gasteiger partial charge is 0.317 e. The van der Waals surface area contributed by atoms with Crippen LogP contribution in [0.3, 0.4) is 0 Å². The lowest BCUT2D eigenvalue weighted by atomic mass is 9.91. The van der Waals surface area contributed by atoms with Crippen LogP contribution in [-0.2, 0) is 0 Å². The summed E-state index contributed by atoms with van der Waals surface area (Å²) in [5.74, 6) is 0. The number of hydrogen-bond donors (Lipinski definition) is 1. The van der Waals surface area contributed by atoms with Gasteiger partial charge in [0.25, 0.3) is 0 Å². The molecule has 0 aromatic rings. The molecule has 108 valence electrons. The summed E-state index contributed by atoms with van der Waals surface area (Å²) in [4.78, 5) is 1.63. The van der Waals surface area contributed by atoms with E-state index in [2.05, 4.69) is 26.1 Å². The molecule has 1 rings (SSSR count). The van der Waals surface area contributed by atoms with E-state index in [9.17, 15) is 13.2 Å². The Bertz CT molecular complexity index is 240. The molecule has 1 fully saturated rings. The van der Waals surface area contributed by atoms with Crippen LogP contribution in [0.5, 0.6) is 0 Å². The summed E-state index contributed by atoms with van der Waals surface area (Å²) >= 11 is 0. The molecule has 2 nitrogen and oxygen atoms in total. The average Bonchev–Trinajstić information content (AvgIpc) is 2.23. The predicted octanol–water partition coefficient (Wildman–Crippen LogP) is 3.04. The largest absolute Gasteiger partial charge is 0.401 e.